The van der Waals surface area contributed by atoms with Gasteiger partial charge >= 0.3 is 0 Å². The lowest BCUT2D eigenvalue weighted by molar-refractivity contribution is 0.306. The van der Waals surface area contributed by atoms with Crippen molar-refractivity contribution in [2.24, 2.45) is 0 Å². The van der Waals surface area contributed by atoms with Gasteiger partial charge in [0, 0.05) is 10.2 Å². The molecule has 2 N–H and O–H groups in total. The van der Waals surface area contributed by atoms with Crippen molar-refractivity contribution in [1.82, 2.24) is 0 Å². The third-order valence-corrected chi connectivity index (χ3v) is 3.65. The number of rotatable bonds is 3. The predicted octanol–water partition coefficient (Wildman–Crippen LogP) is 4.76. The Balaban J connectivity index is 1.77. The number of benzene rings is 3. The molecule has 20 heavy (non-hydrogen) atoms. The summed E-state index contributed by atoms with van der Waals surface area (Å²) >= 11 is 3.48. The van der Waals surface area contributed by atoms with Crippen LogP contribution in [0.4, 0.5) is 5.69 Å². The monoisotopic (exact) mass is 327 g/mol. The number of ether oxygens (including phenoxy) is 1. The molecule has 0 atom stereocenters. The molecule has 3 aromatic rings. The molecule has 0 radical (unpaired) electrons. The molecule has 3 aromatic carbocycles. The van der Waals surface area contributed by atoms with Gasteiger partial charge in [0.05, 0.1) is 0 Å². The van der Waals surface area contributed by atoms with E-state index in [0.717, 1.165) is 21.5 Å². The van der Waals surface area contributed by atoms with Crippen molar-refractivity contribution in [2.45, 2.75) is 6.61 Å². The van der Waals surface area contributed by atoms with Gasteiger partial charge in [-0.05, 0) is 52.7 Å². The first-order valence-corrected chi connectivity index (χ1v) is 7.16. The fourth-order valence-corrected chi connectivity index (χ4v) is 2.44. The molecule has 3 rings (SSSR count). The molecule has 0 fully saturated rings. The summed E-state index contributed by atoms with van der Waals surface area (Å²) in [5.41, 5.74) is 7.54. The van der Waals surface area contributed by atoms with E-state index in [1.54, 1.807) is 0 Å². The number of hydrogen-bond acceptors (Lipinski definition) is 2. The smallest absolute Gasteiger partial charge is 0.120 e. The van der Waals surface area contributed by atoms with E-state index in [1.807, 2.05) is 36.4 Å². The molecule has 0 saturated carbocycles. The van der Waals surface area contributed by atoms with Crippen LogP contribution >= 0.6 is 15.9 Å². The maximum absolute atomic E-state index is 5.82. The van der Waals surface area contributed by atoms with Crippen LogP contribution < -0.4 is 10.5 Å². The van der Waals surface area contributed by atoms with Crippen LogP contribution in [0.2, 0.25) is 0 Å². The number of halogens is 1. The van der Waals surface area contributed by atoms with E-state index >= 15 is 0 Å². The largest absolute Gasteiger partial charge is 0.489 e. The molecule has 0 aliphatic carbocycles. The molecule has 0 aliphatic rings. The summed E-state index contributed by atoms with van der Waals surface area (Å²) in [5.74, 6) is 0.872. The van der Waals surface area contributed by atoms with Gasteiger partial charge in [0.15, 0.2) is 0 Å². The van der Waals surface area contributed by atoms with Crippen molar-refractivity contribution in [1.29, 1.82) is 0 Å². The van der Waals surface area contributed by atoms with E-state index in [2.05, 4.69) is 40.2 Å². The Hall–Kier alpha value is -2.00. The maximum atomic E-state index is 5.82. The first-order valence-electron chi connectivity index (χ1n) is 6.37. The highest BCUT2D eigenvalue weighted by molar-refractivity contribution is 9.10. The predicted molar refractivity (Wildman–Crippen MR) is 86.8 cm³/mol. The highest BCUT2D eigenvalue weighted by Crippen LogP contribution is 2.24. The summed E-state index contributed by atoms with van der Waals surface area (Å²) in [6, 6.07) is 20.1. The minimum absolute atomic E-state index is 0.544. The summed E-state index contributed by atoms with van der Waals surface area (Å²) in [6.45, 7) is 0.544. The van der Waals surface area contributed by atoms with Crippen molar-refractivity contribution < 1.29 is 4.74 Å². The fourth-order valence-electron chi connectivity index (χ4n) is 2.06. The molecule has 3 heteroatoms. The highest BCUT2D eigenvalue weighted by atomic mass is 79.9. The minimum atomic E-state index is 0.544. The topological polar surface area (TPSA) is 35.2 Å². The van der Waals surface area contributed by atoms with E-state index in [4.69, 9.17) is 10.5 Å². The van der Waals surface area contributed by atoms with Gasteiger partial charge in [0.25, 0.3) is 0 Å². The van der Waals surface area contributed by atoms with Crippen molar-refractivity contribution in [3.8, 4) is 5.75 Å². The molecule has 0 saturated heterocycles. The van der Waals surface area contributed by atoms with Crippen LogP contribution in [0.25, 0.3) is 10.8 Å². The standard InChI is InChI=1S/C17H14BrNO/c18-15-5-3-14-10-17(8-4-13(14)9-15)20-11-12-1-6-16(19)7-2-12/h1-10H,11,19H2. The third kappa shape index (κ3) is 2.94. The van der Waals surface area contributed by atoms with Gasteiger partial charge in [-0.2, -0.15) is 0 Å². The second-order valence-corrected chi connectivity index (χ2v) is 5.60. The Morgan fingerprint density at radius 3 is 2.35 bits per heavy atom. The van der Waals surface area contributed by atoms with Crippen LogP contribution in [0.5, 0.6) is 5.75 Å². The Morgan fingerprint density at radius 2 is 1.55 bits per heavy atom. The molecule has 2 nitrogen and oxygen atoms in total. The van der Waals surface area contributed by atoms with Crippen LogP contribution in [0.3, 0.4) is 0 Å². The summed E-state index contributed by atoms with van der Waals surface area (Å²) in [6.07, 6.45) is 0. The van der Waals surface area contributed by atoms with Crippen LogP contribution in [0.15, 0.2) is 65.1 Å². The molecule has 0 spiro atoms. The van der Waals surface area contributed by atoms with Gasteiger partial charge in [-0.1, -0.05) is 40.2 Å². The lowest BCUT2D eigenvalue weighted by atomic mass is 10.1. The highest BCUT2D eigenvalue weighted by Gasteiger charge is 1.99. The minimum Gasteiger partial charge on any atom is -0.489 e. The Bertz CT molecular complexity index is 738. The molecule has 100 valence electrons. The number of fused-ring (bicyclic) bond motifs is 1. The summed E-state index contributed by atoms with van der Waals surface area (Å²) in [4.78, 5) is 0. The average molecular weight is 328 g/mol. The lowest BCUT2D eigenvalue weighted by Crippen LogP contribution is -1.95. The Morgan fingerprint density at radius 1 is 0.850 bits per heavy atom. The van der Waals surface area contributed by atoms with Gasteiger partial charge in [-0.3, -0.25) is 0 Å². The van der Waals surface area contributed by atoms with Gasteiger partial charge in [0.1, 0.15) is 12.4 Å². The summed E-state index contributed by atoms with van der Waals surface area (Å²) < 4.78 is 6.90. The lowest BCUT2D eigenvalue weighted by Gasteiger charge is -2.08. The zero-order chi connectivity index (χ0) is 13.9. The molecule has 0 aromatic heterocycles. The van der Waals surface area contributed by atoms with E-state index < -0.39 is 0 Å². The maximum Gasteiger partial charge on any atom is 0.120 e. The van der Waals surface area contributed by atoms with E-state index in [9.17, 15) is 0 Å². The zero-order valence-corrected chi connectivity index (χ0v) is 12.4. The van der Waals surface area contributed by atoms with Gasteiger partial charge in [-0.25, -0.2) is 0 Å². The molecular formula is C17H14BrNO. The van der Waals surface area contributed by atoms with E-state index in [0.29, 0.717) is 6.61 Å². The van der Waals surface area contributed by atoms with Crippen LogP contribution in [0, 0.1) is 0 Å². The van der Waals surface area contributed by atoms with Crippen LogP contribution in [0.1, 0.15) is 5.56 Å². The number of hydrogen-bond donors (Lipinski definition) is 1. The zero-order valence-electron chi connectivity index (χ0n) is 10.8. The van der Waals surface area contributed by atoms with E-state index in [1.165, 1.54) is 10.8 Å². The van der Waals surface area contributed by atoms with Gasteiger partial charge in [0.2, 0.25) is 0 Å². The normalized spacial score (nSPS) is 10.7. The second-order valence-electron chi connectivity index (χ2n) is 4.68. The fraction of sp³-hybridized carbons (Fsp3) is 0.0588. The molecule has 0 heterocycles. The molecule has 0 unspecified atom stereocenters. The van der Waals surface area contributed by atoms with Crippen molar-refractivity contribution in [2.75, 3.05) is 5.73 Å². The Labute approximate surface area is 126 Å². The van der Waals surface area contributed by atoms with Crippen molar-refractivity contribution in [3.05, 3.63) is 70.7 Å². The number of anilines is 1. The Kier molecular flexibility index (Phi) is 3.61. The van der Waals surface area contributed by atoms with Crippen LogP contribution in [-0.2, 0) is 6.61 Å². The third-order valence-electron chi connectivity index (χ3n) is 3.16. The second kappa shape index (κ2) is 5.55. The summed E-state index contributed by atoms with van der Waals surface area (Å²) in [7, 11) is 0. The summed E-state index contributed by atoms with van der Waals surface area (Å²) in [5, 5.41) is 2.36. The quantitative estimate of drug-likeness (QED) is 0.703. The number of nitrogens with two attached hydrogens (primary N) is 1. The van der Waals surface area contributed by atoms with Crippen molar-refractivity contribution in [3.63, 3.8) is 0 Å². The van der Waals surface area contributed by atoms with Gasteiger partial charge < -0.3 is 10.5 Å². The molecular weight excluding hydrogens is 314 g/mol. The molecule has 0 amide bonds. The first-order chi connectivity index (χ1) is 9.70. The SMILES string of the molecule is Nc1ccc(COc2ccc3cc(Br)ccc3c2)cc1. The van der Waals surface area contributed by atoms with E-state index in [-0.39, 0.29) is 0 Å². The van der Waals surface area contributed by atoms with Crippen molar-refractivity contribution >= 4 is 32.4 Å². The number of nitrogen functional groups attached to an aromatic ring is 1. The van der Waals surface area contributed by atoms with Crippen LogP contribution in [-0.4, -0.2) is 0 Å². The molecule has 0 bridgehead atoms. The first kappa shape index (κ1) is 13.0. The van der Waals surface area contributed by atoms with Gasteiger partial charge in [-0.15, -0.1) is 0 Å². The average Bonchev–Trinajstić information content (AvgIpc) is 2.46. The molecule has 0 aliphatic heterocycles.